The van der Waals surface area contributed by atoms with Gasteiger partial charge < -0.3 is 15.1 Å². The van der Waals surface area contributed by atoms with E-state index in [0.717, 1.165) is 57.5 Å². The summed E-state index contributed by atoms with van der Waals surface area (Å²) in [5.74, 6) is 2.20. The highest BCUT2D eigenvalue weighted by atomic mass is 15.4. The maximum Gasteiger partial charge on any atom is 0.231 e. The minimum Gasteiger partial charge on any atom is -0.354 e. The average Bonchev–Trinajstić information content (AvgIpc) is 2.50. The van der Waals surface area contributed by atoms with Gasteiger partial charge in [-0.05, 0) is 34.1 Å². The first-order valence-electron chi connectivity index (χ1n) is 8.19. The van der Waals surface area contributed by atoms with Crippen LogP contribution in [0.1, 0.15) is 47.5 Å². The quantitative estimate of drug-likeness (QED) is 0.670. The highest BCUT2D eigenvalue weighted by Gasteiger charge is 2.14. The molecule has 0 amide bonds. The lowest BCUT2D eigenvalue weighted by atomic mass is 10.3. The lowest BCUT2D eigenvalue weighted by Crippen LogP contribution is -2.29. The van der Waals surface area contributed by atoms with Crippen molar-refractivity contribution in [2.45, 2.75) is 47.5 Å². The number of nitrogens with zero attached hydrogens (tertiary/aromatic N) is 5. The van der Waals surface area contributed by atoms with Crippen LogP contribution in [-0.4, -0.2) is 47.7 Å². The third kappa shape index (κ3) is 5.02. The van der Waals surface area contributed by atoms with Crippen molar-refractivity contribution in [3.8, 4) is 0 Å². The highest BCUT2D eigenvalue weighted by Crippen LogP contribution is 2.16. The van der Waals surface area contributed by atoms with E-state index in [1.807, 2.05) is 0 Å². The molecule has 0 fully saturated rings. The standard InChI is InChI=1S/C15H30N6/c1-6-11-12-16-13-17-14(20(7-2)8-3)19-15(18-13)21(9-4)10-5/h6-12H2,1-5H3,(H,16,17,18,19). The first-order chi connectivity index (χ1) is 10.2. The molecule has 0 aliphatic heterocycles. The van der Waals surface area contributed by atoms with Gasteiger partial charge in [0.15, 0.2) is 0 Å². The number of hydrogen-bond acceptors (Lipinski definition) is 6. The van der Waals surface area contributed by atoms with E-state index in [1.165, 1.54) is 0 Å². The molecule has 120 valence electrons. The zero-order valence-corrected chi connectivity index (χ0v) is 14.2. The third-order valence-electron chi connectivity index (χ3n) is 3.52. The molecule has 21 heavy (non-hydrogen) atoms. The van der Waals surface area contributed by atoms with Crippen molar-refractivity contribution in [1.82, 2.24) is 15.0 Å². The van der Waals surface area contributed by atoms with Crippen molar-refractivity contribution in [3.05, 3.63) is 0 Å². The van der Waals surface area contributed by atoms with E-state index < -0.39 is 0 Å². The summed E-state index contributed by atoms with van der Waals surface area (Å²) < 4.78 is 0. The van der Waals surface area contributed by atoms with Gasteiger partial charge in [0.1, 0.15) is 0 Å². The van der Waals surface area contributed by atoms with Gasteiger partial charge >= 0.3 is 0 Å². The van der Waals surface area contributed by atoms with E-state index >= 15 is 0 Å². The monoisotopic (exact) mass is 294 g/mol. The molecule has 0 aliphatic rings. The fraction of sp³-hybridized carbons (Fsp3) is 0.800. The second kappa shape index (κ2) is 9.37. The molecule has 0 aromatic carbocycles. The molecule has 0 aliphatic carbocycles. The van der Waals surface area contributed by atoms with Crippen LogP contribution in [0.3, 0.4) is 0 Å². The Morgan fingerprint density at radius 3 is 1.62 bits per heavy atom. The molecular weight excluding hydrogens is 264 g/mol. The van der Waals surface area contributed by atoms with Crippen molar-refractivity contribution >= 4 is 17.8 Å². The molecule has 0 spiro atoms. The van der Waals surface area contributed by atoms with E-state index in [1.54, 1.807) is 0 Å². The SMILES string of the molecule is CCCCNc1nc(N(CC)CC)nc(N(CC)CC)n1. The normalized spacial score (nSPS) is 10.5. The zero-order chi connectivity index (χ0) is 15.7. The largest absolute Gasteiger partial charge is 0.354 e. The van der Waals surface area contributed by atoms with Crippen LogP contribution in [0, 0.1) is 0 Å². The summed E-state index contributed by atoms with van der Waals surface area (Å²) in [6, 6.07) is 0. The molecule has 0 atom stereocenters. The van der Waals surface area contributed by atoms with Gasteiger partial charge in [-0.25, -0.2) is 0 Å². The van der Waals surface area contributed by atoms with Crippen LogP contribution in [0.15, 0.2) is 0 Å². The number of unbranched alkanes of at least 4 members (excludes halogenated alkanes) is 1. The molecule has 6 heteroatoms. The Balaban J connectivity index is 3.06. The summed E-state index contributed by atoms with van der Waals surface area (Å²) in [4.78, 5) is 18.1. The molecule has 1 aromatic rings. The number of nitrogens with one attached hydrogen (secondary N) is 1. The predicted molar refractivity (Wildman–Crippen MR) is 90.3 cm³/mol. The minimum atomic E-state index is 0.683. The summed E-state index contributed by atoms with van der Waals surface area (Å²) in [5.41, 5.74) is 0. The number of hydrogen-bond donors (Lipinski definition) is 1. The van der Waals surface area contributed by atoms with Gasteiger partial charge in [0.25, 0.3) is 0 Å². The van der Waals surface area contributed by atoms with Crippen molar-refractivity contribution in [2.75, 3.05) is 47.8 Å². The van der Waals surface area contributed by atoms with E-state index in [-0.39, 0.29) is 0 Å². The average molecular weight is 294 g/mol. The van der Waals surface area contributed by atoms with Crippen molar-refractivity contribution in [2.24, 2.45) is 0 Å². The fourth-order valence-electron chi connectivity index (χ4n) is 2.11. The van der Waals surface area contributed by atoms with Crippen molar-refractivity contribution in [3.63, 3.8) is 0 Å². The number of anilines is 3. The molecule has 0 saturated heterocycles. The van der Waals surface area contributed by atoms with Gasteiger partial charge in [0.05, 0.1) is 0 Å². The van der Waals surface area contributed by atoms with Crippen LogP contribution >= 0.6 is 0 Å². The zero-order valence-electron chi connectivity index (χ0n) is 14.2. The van der Waals surface area contributed by atoms with E-state index in [0.29, 0.717) is 5.95 Å². The van der Waals surface area contributed by atoms with Crippen LogP contribution in [0.4, 0.5) is 17.8 Å². The molecule has 1 heterocycles. The van der Waals surface area contributed by atoms with Gasteiger partial charge in [0.2, 0.25) is 17.8 Å². The summed E-state index contributed by atoms with van der Waals surface area (Å²) in [6.07, 6.45) is 2.27. The summed E-state index contributed by atoms with van der Waals surface area (Å²) in [5, 5.41) is 3.32. The molecule has 1 aromatic heterocycles. The molecule has 1 N–H and O–H groups in total. The van der Waals surface area contributed by atoms with Gasteiger partial charge in [-0.3, -0.25) is 0 Å². The maximum atomic E-state index is 4.64. The van der Waals surface area contributed by atoms with Gasteiger partial charge in [-0.1, -0.05) is 13.3 Å². The topological polar surface area (TPSA) is 57.2 Å². The highest BCUT2D eigenvalue weighted by molar-refractivity contribution is 5.45. The second-order valence-corrected chi connectivity index (χ2v) is 4.88. The summed E-state index contributed by atoms with van der Waals surface area (Å²) in [7, 11) is 0. The molecule has 0 radical (unpaired) electrons. The molecule has 0 unspecified atom stereocenters. The Morgan fingerprint density at radius 2 is 1.24 bits per heavy atom. The molecule has 1 rings (SSSR count). The Hall–Kier alpha value is -1.59. The van der Waals surface area contributed by atoms with E-state index in [4.69, 9.17) is 0 Å². The van der Waals surface area contributed by atoms with Crippen LogP contribution in [-0.2, 0) is 0 Å². The van der Waals surface area contributed by atoms with Gasteiger partial charge in [0, 0.05) is 32.7 Å². The molecule has 6 nitrogen and oxygen atoms in total. The van der Waals surface area contributed by atoms with Crippen LogP contribution in [0.2, 0.25) is 0 Å². The molecular formula is C15H30N6. The van der Waals surface area contributed by atoms with E-state index in [9.17, 15) is 0 Å². The van der Waals surface area contributed by atoms with Gasteiger partial charge in [-0.2, -0.15) is 15.0 Å². The summed E-state index contributed by atoms with van der Waals surface area (Å²) in [6.45, 7) is 15.1. The Bertz CT molecular complexity index is 371. The first-order valence-corrected chi connectivity index (χ1v) is 8.19. The smallest absolute Gasteiger partial charge is 0.231 e. The Labute approximate surface area is 129 Å². The van der Waals surface area contributed by atoms with Crippen molar-refractivity contribution in [1.29, 1.82) is 0 Å². The molecule has 0 bridgehead atoms. The lowest BCUT2D eigenvalue weighted by Gasteiger charge is -2.23. The Morgan fingerprint density at radius 1 is 0.762 bits per heavy atom. The predicted octanol–water partition coefficient (Wildman–Crippen LogP) is 2.78. The maximum absolute atomic E-state index is 4.64. The van der Waals surface area contributed by atoms with E-state index in [2.05, 4.69) is 64.7 Å². The Kier molecular flexibility index (Phi) is 7.79. The fourth-order valence-corrected chi connectivity index (χ4v) is 2.11. The summed E-state index contributed by atoms with van der Waals surface area (Å²) >= 11 is 0. The number of aromatic nitrogens is 3. The molecule has 0 saturated carbocycles. The van der Waals surface area contributed by atoms with Crippen LogP contribution < -0.4 is 15.1 Å². The minimum absolute atomic E-state index is 0.683. The second-order valence-electron chi connectivity index (χ2n) is 4.88. The first kappa shape index (κ1) is 17.5. The van der Waals surface area contributed by atoms with Gasteiger partial charge in [-0.15, -0.1) is 0 Å². The van der Waals surface area contributed by atoms with Crippen molar-refractivity contribution < 1.29 is 0 Å². The third-order valence-corrected chi connectivity index (χ3v) is 3.52. The van der Waals surface area contributed by atoms with Crippen LogP contribution in [0.5, 0.6) is 0 Å². The van der Waals surface area contributed by atoms with Crippen LogP contribution in [0.25, 0.3) is 0 Å². The lowest BCUT2D eigenvalue weighted by molar-refractivity contribution is 0.771. The number of rotatable bonds is 10.